The molecule has 10 rings (SSSR count). The third kappa shape index (κ3) is 14.3. The molecule has 0 bridgehead atoms. The number of rotatable bonds is 12. The van der Waals surface area contributed by atoms with Gasteiger partial charge in [0.25, 0.3) is 11.8 Å². The lowest BCUT2D eigenvalue weighted by atomic mass is 10.0. The first-order valence-electron chi connectivity index (χ1n) is 25.6. The van der Waals surface area contributed by atoms with Gasteiger partial charge in [-0.1, -0.05) is 38.1 Å². The Labute approximate surface area is 443 Å². The number of nitrogens with two attached hydrogens (primary N) is 2. The van der Waals surface area contributed by atoms with E-state index in [9.17, 15) is 9.59 Å². The van der Waals surface area contributed by atoms with Crippen LogP contribution in [0.5, 0.6) is 0 Å². The van der Waals surface area contributed by atoms with Crippen LogP contribution in [0.15, 0.2) is 72.8 Å². The normalized spacial score (nSPS) is 19.1. The largest absolute Gasteiger partial charge is 0.383 e. The second-order valence-electron chi connectivity index (χ2n) is 18.2. The second kappa shape index (κ2) is 27.1. The SMILES string of the molecule is CCCOCC.CCCOCC.CNC(=O)c1cccc(-c2ccc3c(N)nc(N4CCO[C@@]5(CCSC5)C4)nc3n2)c1.CNC(=O)c1cccc(-c2ccc3c(N)nc(N4CCO[C@]5(CCSC5)C4)nc3n2)c1. The molecule has 6 N–H and O–H groups in total. The number of ether oxygens (including phenoxy) is 4. The maximum atomic E-state index is 12.0. The van der Waals surface area contributed by atoms with Gasteiger partial charge in [-0.2, -0.15) is 43.5 Å². The zero-order chi connectivity index (χ0) is 52.5. The standard InChI is InChI=1S/2C22H24N6O2S.2C5H12O/c2*1-24-20(29)15-4-2-3-14(11-15)17-6-5-16-18(23)26-21(27-19(16)25-17)28-8-9-30-22(12-28)7-10-31-13-22;2*1-3-5-6-4-2/h2*2-6,11H,7-10,12-13H2,1H3,(H,24,29)(H2,23,25,26,27);2*3-5H2,1-2H3/t2*22-;;/m10../s1. The first kappa shape index (κ1) is 55.8. The molecule has 4 aliphatic heterocycles. The fraction of sp³-hybridized carbons (Fsp3) is 0.481. The van der Waals surface area contributed by atoms with Crippen molar-refractivity contribution >= 4 is 80.9 Å². The van der Waals surface area contributed by atoms with E-state index in [0.29, 0.717) is 69.9 Å². The summed E-state index contributed by atoms with van der Waals surface area (Å²) in [6, 6.07) is 22.3. The monoisotopic (exact) mass is 1050 g/mol. The maximum Gasteiger partial charge on any atom is 0.251 e. The molecule has 2 spiro atoms. The minimum absolute atomic E-state index is 0.119. The van der Waals surface area contributed by atoms with Gasteiger partial charge in [0.1, 0.15) is 11.6 Å². The van der Waals surface area contributed by atoms with Crippen molar-refractivity contribution in [2.24, 2.45) is 0 Å². The number of benzene rings is 2. The summed E-state index contributed by atoms with van der Waals surface area (Å²) in [7, 11) is 3.23. The van der Waals surface area contributed by atoms with Gasteiger partial charge >= 0.3 is 0 Å². The van der Waals surface area contributed by atoms with Crippen molar-refractivity contribution in [1.29, 1.82) is 0 Å². The minimum atomic E-state index is -0.136. The van der Waals surface area contributed by atoms with Crippen LogP contribution in [0, 0.1) is 0 Å². The van der Waals surface area contributed by atoms with Crippen molar-refractivity contribution in [3.8, 4) is 22.5 Å². The molecule has 4 fully saturated rings. The first-order valence-corrected chi connectivity index (χ1v) is 27.9. The van der Waals surface area contributed by atoms with Gasteiger partial charge in [0, 0.05) is 87.4 Å². The molecule has 4 aliphatic rings. The zero-order valence-corrected chi connectivity index (χ0v) is 45.3. The van der Waals surface area contributed by atoms with E-state index in [1.165, 1.54) is 0 Å². The van der Waals surface area contributed by atoms with Gasteiger partial charge < -0.3 is 50.8 Å². The van der Waals surface area contributed by atoms with Gasteiger partial charge in [-0.15, -0.1) is 0 Å². The number of hydrogen-bond acceptors (Lipinski definition) is 18. The van der Waals surface area contributed by atoms with Crippen LogP contribution < -0.4 is 31.9 Å². The van der Waals surface area contributed by atoms with Crippen molar-refractivity contribution in [2.75, 3.05) is 124 Å². The molecule has 2 atom stereocenters. The zero-order valence-electron chi connectivity index (χ0n) is 43.7. The third-order valence-electron chi connectivity index (χ3n) is 12.8. The molecule has 18 nitrogen and oxygen atoms in total. The number of nitrogens with one attached hydrogen (secondary N) is 2. The number of carbonyl (C=O) groups excluding carboxylic acids is 2. The molecule has 6 aromatic rings. The van der Waals surface area contributed by atoms with Crippen LogP contribution in [-0.2, 0) is 18.9 Å². The molecule has 2 amide bonds. The molecular formula is C54H72N12O6S2. The van der Waals surface area contributed by atoms with E-state index in [1.54, 1.807) is 26.2 Å². The number of thioether (sulfide) groups is 2. The summed E-state index contributed by atoms with van der Waals surface area (Å²) >= 11 is 3.86. The van der Waals surface area contributed by atoms with Crippen LogP contribution in [0.25, 0.3) is 44.6 Å². The fourth-order valence-corrected chi connectivity index (χ4v) is 11.5. The molecule has 0 aliphatic carbocycles. The van der Waals surface area contributed by atoms with Crippen LogP contribution in [0.4, 0.5) is 23.5 Å². The van der Waals surface area contributed by atoms with Gasteiger partial charge in [0.05, 0.1) is 59.7 Å². The van der Waals surface area contributed by atoms with Crippen molar-refractivity contribution in [1.82, 2.24) is 40.5 Å². The fourth-order valence-electron chi connectivity index (χ4n) is 8.84. The summed E-state index contributed by atoms with van der Waals surface area (Å²) in [5, 5.41) is 6.73. The summed E-state index contributed by atoms with van der Waals surface area (Å²) < 4.78 is 22.2. The Balaban J connectivity index is 0.000000177. The molecule has 4 saturated heterocycles. The number of nitrogen functional groups attached to an aromatic ring is 2. The molecular weight excluding hydrogens is 977 g/mol. The predicted octanol–water partition coefficient (Wildman–Crippen LogP) is 7.56. The summed E-state index contributed by atoms with van der Waals surface area (Å²) in [6.45, 7) is 16.1. The highest BCUT2D eigenvalue weighted by atomic mass is 32.2. The smallest absolute Gasteiger partial charge is 0.251 e. The highest BCUT2D eigenvalue weighted by Gasteiger charge is 2.42. The van der Waals surface area contributed by atoms with E-state index >= 15 is 0 Å². The molecule has 20 heteroatoms. The van der Waals surface area contributed by atoms with E-state index in [0.717, 1.165) is 124 Å². The highest BCUT2D eigenvalue weighted by molar-refractivity contribution is 7.99. The average molecular weight is 1050 g/mol. The van der Waals surface area contributed by atoms with E-state index < -0.39 is 0 Å². The Hall–Kier alpha value is -5.90. The van der Waals surface area contributed by atoms with Crippen molar-refractivity contribution in [3.63, 3.8) is 0 Å². The van der Waals surface area contributed by atoms with Gasteiger partial charge in [-0.05, 0) is 99.6 Å². The maximum absolute atomic E-state index is 12.0. The molecule has 2 aromatic carbocycles. The summed E-state index contributed by atoms with van der Waals surface area (Å²) in [5.74, 6) is 5.97. The summed E-state index contributed by atoms with van der Waals surface area (Å²) in [6.07, 6.45) is 4.35. The summed E-state index contributed by atoms with van der Waals surface area (Å²) in [5.41, 5.74) is 17.7. The van der Waals surface area contributed by atoms with Crippen LogP contribution in [0.1, 0.15) is 74.1 Å². The van der Waals surface area contributed by atoms with Gasteiger partial charge in [0.15, 0.2) is 11.3 Å². The lowest BCUT2D eigenvalue weighted by molar-refractivity contribution is -0.0363. The summed E-state index contributed by atoms with van der Waals surface area (Å²) in [4.78, 5) is 56.5. The first-order chi connectivity index (χ1) is 36.0. The number of fused-ring (bicyclic) bond motifs is 2. The Morgan fingerprint density at radius 1 is 0.622 bits per heavy atom. The van der Waals surface area contributed by atoms with Crippen LogP contribution in [0.2, 0.25) is 0 Å². The second-order valence-corrected chi connectivity index (χ2v) is 20.4. The van der Waals surface area contributed by atoms with Crippen molar-refractivity contribution in [3.05, 3.63) is 83.9 Å². The van der Waals surface area contributed by atoms with Gasteiger partial charge in [-0.3, -0.25) is 9.59 Å². The molecule has 0 saturated carbocycles. The van der Waals surface area contributed by atoms with Gasteiger partial charge in [-0.25, -0.2) is 9.97 Å². The Kier molecular flexibility index (Phi) is 20.4. The topological polar surface area (TPSA) is 231 Å². The van der Waals surface area contributed by atoms with Crippen molar-refractivity contribution < 1.29 is 28.5 Å². The van der Waals surface area contributed by atoms with Gasteiger partial charge in [0.2, 0.25) is 11.9 Å². The van der Waals surface area contributed by atoms with E-state index in [1.807, 2.05) is 98.0 Å². The molecule has 0 radical (unpaired) electrons. The van der Waals surface area contributed by atoms with Crippen LogP contribution in [0.3, 0.4) is 0 Å². The Morgan fingerprint density at radius 3 is 1.41 bits per heavy atom. The lowest BCUT2D eigenvalue weighted by Crippen LogP contribution is -2.52. The Bertz CT molecular complexity index is 2620. The van der Waals surface area contributed by atoms with Crippen molar-refractivity contribution in [2.45, 2.75) is 64.6 Å². The number of morpholine rings is 2. The highest BCUT2D eigenvalue weighted by Crippen LogP contribution is 2.37. The predicted molar refractivity (Wildman–Crippen MR) is 300 cm³/mol. The molecule has 8 heterocycles. The van der Waals surface area contributed by atoms with E-state index in [4.69, 9.17) is 50.4 Å². The number of nitrogens with zero attached hydrogens (tertiary/aromatic N) is 8. The number of pyridine rings is 2. The molecule has 0 unspecified atom stereocenters. The number of hydrogen-bond donors (Lipinski definition) is 4. The number of carbonyl (C=O) groups is 2. The quantitative estimate of drug-likeness (QED) is 0.0867. The average Bonchev–Trinajstić information content (AvgIpc) is 4.10. The van der Waals surface area contributed by atoms with Crippen LogP contribution >= 0.6 is 23.5 Å². The molecule has 74 heavy (non-hydrogen) atoms. The number of anilines is 4. The Morgan fingerprint density at radius 2 is 1.05 bits per heavy atom. The number of amides is 2. The number of aromatic nitrogens is 6. The molecule has 396 valence electrons. The lowest BCUT2D eigenvalue weighted by Gasteiger charge is -2.40. The van der Waals surface area contributed by atoms with Crippen LogP contribution in [-0.4, -0.2) is 156 Å². The van der Waals surface area contributed by atoms with E-state index in [-0.39, 0.29) is 23.0 Å². The minimum Gasteiger partial charge on any atom is -0.383 e. The van der Waals surface area contributed by atoms with E-state index in [2.05, 4.69) is 44.2 Å². The molecule has 4 aromatic heterocycles. The third-order valence-corrected chi connectivity index (χ3v) is 15.2.